The van der Waals surface area contributed by atoms with Crippen LogP contribution in [0.15, 0.2) is 77.6 Å². The minimum atomic E-state index is -0.515. The van der Waals surface area contributed by atoms with Crippen molar-refractivity contribution >= 4 is 39.9 Å². The Morgan fingerprint density at radius 3 is 2.44 bits per heavy atom. The number of rotatable bonds is 6. The molecule has 0 bridgehead atoms. The first-order valence-corrected chi connectivity index (χ1v) is 11.0. The van der Waals surface area contributed by atoms with E-state index < -0.39 is 5.54 Å². The molecule has 4 rings (SSSR count). The summed E-state index contributed by atoms with van der Waals surface area (Å²) in [6.07, 6.45) is 0. The van der Waals surface area contributed by atoms with Gasteiger partial charge in [-0.25, -0.2) is 0 Å². The van der Waals surface area contributed by atoms with Gasteiger partial charge in [-0.2, -0.15) is 0 Å². The van der Waals surface area contributed by atoms with Crippen LogP contribution < -0.4 is 10.6 Å². The van der Waals surface area contributed by atoms with Crippen molar-refractivity contribution in [2.75, 3.05) is 6.54 Å². The zero-order valence-electron chi connectivity index (χ0n) is 18.0. The fourth-order valence-electron chi connectivity index (χ4n) is 3.65. The lowest BCUT2D eigenvalue weighted by molar-refractivity contribution is 0.0710. The lowest BCUT2D eigenvalue weighted by atomic mass is 10.0. The van der Waals surface area contributed by atoms with Crippen LogP contribution in [0.4, 0.5) is 0 Å². The van der Waals surface area contributed by atoms with Crippen LogP contribution >= 0.6 is 23.7 Å². The van der Waals surface area contributed by atoms with Crippen molar-refractivity contribution < 1.29 is 4.79 Å². The van der Waals surface area contributed by atoms with Gasteiger partial charge >= 0.3 is 4.87 Å². The normalized spacial score (nSPS) is 11.2. The molecule has 0 unspecified atom stereocenters. The number of aromatic amines is 1. The number of carbonyl (C=O) groups excluding carboxylic acids is 1. The minimum absolute atomic E-state index is 0. The number of halogens is 1. The predicted octanol–water partition coefficient (Wildman–Crippen LogP) is 5.06. The Hall–Kier alpha value is -2.93. The van der Waals surface area contributed by atoms with Gasteiger partial charge in [-0.15, -0.1) is 12.4 Å². The quantitative estimate of drug-likeness (QED) is 0.416. The van der Waals surface area contributed by atoms with Crippen LogP contribution in [-0.2, 0) is 6.54 Å². The Morgan fingerprint density at radius 1 is 1.00 bits per heavy atom. The summed E-state index contributed by atoms with van der Waals surface area (Å²) in [5, 5.41) is 0. The number of fused-ring (bicyclic) bond motifs is 1. The standard InChI is InChI=1S/C25H25N3O2S.ClH/c1-25(2,26)16-28(23(29)18-8-4-3-5-9-18)15-17-7-6-10-19(13-17)20-11-12-21-22(14-20)31-24(30)27-21;/h3-14H,15-16,26H2,1-2H3,(H,27,30);1H. The van der Waals surface area contributed by atoms with E-state index in [4.69, 9.17) is 5.73 Å². The summed E-state index contributed by atoms with van der Waals surface area (Å²) < 4.78 is 0.929. The van der Waals surface area contributed by atoms with E-state index in [1.807, 2.05) is 80.6 Å². The fourth-order valence-corrected chi connectivity index (χ4v) is 4.42. The van der Waals surface area contributed by atoms with Gasteiger partial charge in [-0.05, 0) is 60.9 Å². The first kappa shape index (κ1) is 23.7. The summed E-state index contributed by atoms with van der Waals surface area (Å²) in [6.45, 7) is 4.74. The number of nitrogens with two attached hydrogens (primary N) is 1. The lowest BCUT2D eigenvalue weighted by Crippen LogP contribution is -2.47. The maximum atomic E-state index is 13.2. The number of carbonyl (C=O) groups is 1. The number of aromatic nitrogens is 1. The molecule has 3 N–H and O–H groups in total. The van der Waals surface area contributed by atoms with Crippen molar-refractivity contribution in [2.24, 2.45) is 5.73 Å². The second-order valence-electron chi connectivity index (χ2n) is 8.44. The number of thiazole rings is 1. The molecular weight excluding hydrogens is 442 g/mol. The van der Waals surface area contributed by atoms with Crippen LogP contribution in [0.25, 0.3) is 21.3 Å². The molecule has 1 amide bonds. The highest BCUT2D eigenvalue weighted by Gasteiger charge is 2.22. The van der Waals surface area contributed by atoms with Gasteiger partial charge in [0.15, 0.2) is 0 Å². The number of H-pyrrole nitrogens is 1. The first-order chi connectivity index (χ1) is 14.8. The molecule has 0 fully saturated rings. The third-order valence-electron chi connectivity index (χ3n) is 4.96. The van der Waals surface area contributed by atoms with E-state index in [1.54, 1.807) is 4.90 Å². The molecule has 0 aliphatic heterocycles. The van der Waals surface area contributed by atoms with Gasteiger partial charge in [0, 0.05) is 24.2 Å². The molecule has 0 saturated heterocycles. The molecule has 0 radical (unpaired) electrons. The number of nitrogens with zero attached hydrogens (tertiary/aromatic N) is 1. The Kier molecular flexibility index (Phi) is 7.19. The molecule has 0 aliphatic rings. The van der Waals surface area contributed by atoms with Crippen LogP contribution in [-0.4, -0.2) is 27.9 Å². The molecule has 3 aromatic carbocycles. The summed E-state index contributed by atoms with van der Waals surface area (Å²) in [6, 6.07) is 23.4. The molecule has 1 aromatic heterocycles. The van der Waals surface area contributed by atoms with Crippen molar-refractivity contribution in [2.45, 2.75) is 25.9 Å². The summed E-state index contributed by atoms with van der Waals surface area (Å²) >= 11 is 1.21. The van der Waals surface area contributed by atoms with E-state index in [1.165, 1.54) is 11.3 Å². The van der Waals surface area contributed by atoms with E-state index >= 15 is 0 Å². The smallest absolute Gasteiger partial charge is 0.305 e. The molecule has 0 atom stereocenters. The van der Waals surface area contributed by atoms with Gasteiger partial charge in [-0.1, -0.05) is 53.8 Å². The Bertz CT molecular complexity index is 1280. The van der Waals surface area contributed by atoms with Gasteiger partial charge in [0.2, 0.25) is 0 Å². The monoisotopic (exact) mass is 467 g/mol. The molecule has 32 heavy (non-hydrogen) atoms. The van der Waals surface area contributed by atoms with Crippen molar-refractivity contribution in [3.05, 3.63) is 93.6 Å². The van der Waals surface area contributed by atoms with E-state index in [0.717, 1.165) is 26.9 Å². The number of benzene rings is 3. The van der Waals surface area contributed by atoms with E-state index in [-0.39, 0.29) is 23.2 Å². The van der Waals surface area contributed by atoms with Gasteiger partial charge < -0.3 is 15.6 Å². The predicted molar refractivity (Wildman–Crippen MR) is 135 cm³/mol. The number of amides is 1. The molecule has 0 spiro atoms. The lowest BCUT2D eigenvalue weighted by Gasteiger charge is -2.30. The van der Waals surface area contributed by atoms with E-state index in [9.17, 15) is 9.59 Å². The molecule has 166 valence electrons. The highest BCUT2D eigenvalue weighted by molar-refractivity contribution is 7.16. The molecular formula is C25H26ClN3O2S. The largest absolute Gasteiger partial charge is 0.332 e. The van der Waals surface area contributed by atoms with Gasteiger partial charge in [0.1, 0.15) is 0 Å². The highest BCUT2D eigenvalue weighted by Crippen LogP contribution is 2.26. The number of hydrogen-bond donors (Lipinski definition) is 2. The molecule has 0 saturated carbocycles. The third-order valence-corrected chi connectivity index (χ3v) is 5.81. The Balaban J connectivity index is 0.00000289. The van der Waals surface area contributed by atoms with Crippen molar-refractivity contribution in [3.8, 4) is 11.1 Å². The van der Waals surface area contributed by atoms with Crippen LogP contribution in [0.1, 0.15) is 29.8 Å². The average molecular weight is 468 g/mol. The highest BCUT2D eigenvalue weighted by atomic mass is 35.5. The maximum absolute atomic E-state index is 13.2. The van der Waals surface area contributed by atoms with Crippen LogP contribution in [0, 0.1) is 0 Å². The maximum Gasteiger partial charge on any atom is 0.305 e. The zero-order valence-corrected chi connectivity index (χ0v) is 19.6. The van der Waals surface area contributed by atoms with Gasteiger partial charge in [0.25, 0.3) is 5.91 Å². The zero-order chi connectivity index (χ0) is 22.0. The fraction of sp³-hybridized carbons (Fsp3) is 0.200. The van der Waals surface area contributed by atoms with E-state index in [0.29, 0.717) is 18.7 Å². The number of nitrogens with one attached hydrogen (secondary N) is 1. The molecule has 7 heteroatoms. The van der Waals surface area contributed by atoms with Crippen LogP contribution in [0.3, 0.4) is 0 Å². The Morgan fingerprint density at radius 2 is 1.72 bits per heavy atom. The second-order valence-corrected chi connectivity index (χ2v) is 9.46. The van der Waals surface area contributed by atoms with Crippen molar-refractivity contribution in [1.29, 1.82) is 0 Å². The third kappa shape index (κ3) is 5.65. The summed E-state index contributed by atoms with van der Waals surface area (Å²) in [5.41, 5.74) is 10.3. The van der Waals surface area contributed by atoms with E-state index in [2.05, 4.69) is 11.1 Å². The van der Waals surface area contributed by atoms with Crippen molar-refractivity contribution in [1.82, 2.24) is 9.88 Å². The van der Waals surface area contributed by atoms with Crippen LogP contribution in [0.5, 0.6) is 0 Å². The second kappa shape index (κ2) is 9.69. The number of hydrogen-bond acceptors (Lipinski definition) is 4. The summed E-state index contributed by atoms with van der Waals surface area (Å²) in [5.74, 6) is -0.0388. The summed E-state index contributed by atoms with van der Waals surface area (Å²) in [7, 11) is 0. The SMILES string of the molecule is CC(C)(N)CN(Cc1cccc(-c2ccc3[nH]c(=O)sc3c2)c1)C(=O)c1ccccc1.Cl. The molecule has 1 heterocycles. The topological polar surface area (TPSA) is 79.2 Å². The Labute approximate surface area is 197 Å². The van der Waals surface area contributed by atoms with Gasteiger partial charge in [0.05, 0.1) is 10.2 Å². The average Bonchev–Trinajstić information content (AvgIpc) is 3.12. The summed E-state index contributed by atoms with van der Waals surface area (Å²) in [4.78, 5) is 29.4. The minimum Gasteiger partial charge on any atom is -0.332 e. The molecule has 4 aromatic rings. The van der Waals surface area contributed by atoms with Crippen molar-refractivity contribution in [3.63, 3.8) is 0 Å². The van der Waals surface area contributed by atoms with Crippen LogP contribution in [0.2, 0.25) is 0 Å². The molecule has 0 aliphatic carbocycles. The molecule has 5 nitrogen and oxygen atoms in total. The van der Waals surface area contributed by atoms with Gasteiger partial charge in [-0.3, -0.25) is 9.59 Å². The first-order valence-electron chi connectivity index (χ1n) is 10.1.